The van der Waals surface area contributed by atoms with E-state index >= 15 is 0 Å². The number of aliphatic hydroxyl groups is 1. The molecule has 92 valence electrons. The summed E-state index contributed by atoms with van der Waals surface area (Å²) in [6.07, 6.45) is 0. The van der Waals surface area contributed by atoms with Crippen LogP contribution in [0.5, 0.6) is 0 Å². The van der Waals surface area contributed by atoms with Gasteiger partial charge in [-0.1, -0.05) is 0 Å². The lowest BCUT2D eigenvalue weighted by Gasteiger charge is -2.21. The number of carboxylic acids is 1. The number of aliphatic carboxylic acids is 1. The lowest BCUT2D eigenvalue weighted by Crippen LogP contribution is -2.36. The lowest BCUT2D eigenvalue weighted by molar-refractivity contribution is -0.870. The highest BCUT2D eigenvalue weighted by Crippen LogP contribution is 1.84. The van der Waals surface area contributed by atoms with Crippen LogP contribution in [0, 0.1) is 0 Å². The first-order chi connectivity index (χ1) is 6.24. The highest BCUT2D eigenvalue weighted by molar-refractivity contribution is 6.33. The molecule has 7 nitrogen and oxygen atoms in total. The van der Waals surface area contributed by atoms with Crippen LogP contribution in [0.15, 0.2) is 0 Å². The van der Waals surface area contributed by atoms with Gasteiger partial charge in [-0.3, -0.25) is 0 Å². The van der Waals surface area contributed by atoms with E-state index in [0.717, 1.165) is 11.0 Å². The van der Waals surface area contributed by atoms with E-state index < -0.39 is 11.9 Å². The number of carboxylic acid groups (broad SMARTS) is 1. The average Bonchev–Trinajstić information content (AvgIpc) is 2.01. The van der Waals surface area contributed by atoms with Crippen LogP contribution in [0.4, 0.5) is 0 Å². The molecule has 0 bridgehead atoms. The molecule has 0 aliphatic carbocycles. The molecule has 0 aromatic carbocycles. The Morgan fingerprint density at radius 1 is 1.40 bits per heavy atom. The van der Waals surface area contributed by atoms with E-state index in [1.54, 1.807) is 0 Å². The van der Waals surface area contributed by atoms with Crippen molar-refractivity contribution in [2.24, 2.45) is 0 Å². The normalized spacial score (nSPS) is 9.13. The lowest BCUT2D eigenvalue weighted by atomic mass is 10.5. The molecule has 0 saturated heterocycles. The van der Waals surface area contributed by atoms with Crippen LogP contribution in [-0.2, 0) is 13.9 Å². The second-order valence-corrected chi connectivity index (χ2v) is 3.54. The quantitative estimate of drug-likeness (QED) is 0.419. The fourth-order valence-electron chi connectivity index (χ4n) is 0.331. The number of carbonyl (C=O) groups is 2. The molecule has 0 aromatic heterocycles. The fourth-order valence-corrected chi connectivity index (χ4v) is 0.394. The molecule has 0 saturated carbocycles. The van der Waals surface area contributed by atoms with Crippen LogP contribution in [0.25, 0.3) is 0 Å². The Balaban J connectivity index is -0.000000180. The topological polar surface area (TPSA) is 118 Å². The Hall–Kier alpha value is -0.890. The maximum Gasteiger partial charge on any atom is 0.372 e. The van der Waals surface area contributed by atoms with E-state index in [9.17, 15) is 14.7 Å². The van der Waals surface area contributed by atoms with Crippen molar-refractivity contribution in [1.29, 1.82) is 0 Å². The number of quaternary nitrogens is 1. The minimum Gasteiger partial charge on any atom is -0.539 e. The Bertz CT molecular complexity index is 190. The van der Waals surface area contributed by atoms with Gasteiger partial charge >= 0.3 is 5.97 Å². The van der Waals surface area contributed by atoms with E-state index in [2.05, 4.69) is 37.3 Å². The number of likely N-dealkylation sites (N-methyl/N-ethyl adjacent to an activating group) is 1. The zero-order chi connectivity index (χ0) is 11.8. The zero-order valence-corrected chi connectivity index (χ0v) is 9.58. The number of hydrogen-bond donors (Lipinski definition) is 1. The van der Waals surface area contributed by atoms with Gasteiger partial charge in [0.05, 0.1) is 27.7 Å². The van der Waals surface area contributed by atoms with Gasteiger partial charge in [0.25, 0.3) is 0 Å². The monoisotopic (exact) mass is 245 g/mol. The van der Waals surface area contributed by atoms with Gasteiger partial charge in [0.15, 0.2) is 5.97 Å². The summed E-state index contributed by atoms with van der Waals surface area (Å²) >= 11 is 4.28. The van der Waals surface area contributed by atoms with Crippen molar-refractivity contribution in [2.75, 3.05) is 34.3 Å². The molecular weight excluding hydrogens is 230 g/mol. The molecule has 8 heteroatoms. The van der Waals surface area contributed by atoms with Gasteiger partial charge < -0.3 is 29.3 Å². The second-order valence-electron chi connectivity index (χ2n) is 3.39. The van der Waals surface area contributed by atoms with E-state index in [4.69, 9.17) is 5.11 Å². The van der Waals surface area contributed by atoms with Crippen LogP contribution in [0.1, 0.15) is 0 Å². The highest BCUT2D eigenvalue weighted by atomic mass is 35.5. The third kappa shape index (κ3) is 19.5. The number of nitrogens with zero attached hydrogens (tertiary/aromatic N) is 1. The van der Waals surface area contributed by atoms with Crippen LogP contribution < -0.4 is 5.11 Å². The summed E-state index contributed by atoms with van der Waals surface area (Å²) in [5.74, 6) is -3.53. The first-order valence-electron chi connectivity index (χ1n) is 3.69. The second kappa shape index (κ2) is 9.66. The minimum absolute atomic E-state index is 0. The Morgan fingerprint density at radius 3 is 1.80 bits per heavy atom. The largest absolute Gasteiger partial charge is 0.539 e. The average molecular weight is 246 g/mol. The molecule has 0 unspecified atom stereocenters. The number of aliphatic hydroxyl groups excluding tert-OH is 1. The summed E-state index contributed by atoms with van der Waals surface area (Å²) in [7, 11) is 6.16. The van der Waals surface area contributed by atoms with Crippen molar-refractivity contribution in [3.63, 3.8) is 0 Å². The fraction of sp³-hybridized carbons (Fsp3) is 0.714. The van der Waals surface area contributed by atoms with Crippen molar-refractivity contribution in [3.05, 3.63) is 0 Å². The Kier molecular flexibility index (Phi) is 12.6. The predicted octanol–water partition coefficient (Wildman–Crippen LogP) is -2.71. The van der Waals surface area contributed by atoms with Crippen molar-refractivity contribution in [3.8, 4) is 0 Å². The van der Waals surface area contributed by atoms with Crippen LogP contribution in [0.3, 0.4) is 0 Å². The predicted molar refractivity (Wildman–Crippen MR) is 50.6 cm³/mol. The number of halogens is 1. The summed E-state index contributed by atoms with van der Waals surface area (Å²) < 4.78 is 4.03. The summed E-state index contributed by atoms with van der Waals surface area (Å²) in [6.45, 7) is 1.11. The van der Waals surface area contributed by atoms with Gasteiger partial charge in [-0.25, -0.2) is 4.79 Å². The Labute approximate surface area is 92.9 Å². The van der Waals surface area contributed by atoms with Crippen molar-refractivity contribution in [2.45, 2.75) is 0 Å². The highest BCUT2D eigenvalue weighted by Gasteiger charge is 2.02. The molecule has 0 rings (SSSR count). The van der Waals surface area contributed by atoms with E-state index in [1.165, 1.54) is 0 Å². The molecule has 0 aromatic rings. The van der Waals surface area contributed by atoms with Gasteiger partial charge in [-0.15, -0.1) is 0 Å². The zero-order valence-electron chi connectivity index (χ0n) is 8.82. The first kappa shape index (κ1) is 19.6. The molecule has 3 N–H and O–H groups in total. The molecule has 15 heavy (non-hydrogen) atoms. The van der Waals surface area contributed by atoms with E-state index in [1.807, 2.05) is 0 Å². The first-order valence-corrected chi connectivity index (χ1v) is 4.00. The van der Waals surface area contributed by atoms with E-state index in [-0.39, 0.29) is 12.1 Å². The number of carbonyl (C=O) groups excluding carboxylic acids is 2. The maximum absolute atomic E-state index is 9.50. The maximum atomic E-state index is 9.50. The third-order valence-electron chi connectivity index (χ3n) is 1.01. The molecule has 0 heterocycles. The standard InChI is InChI=1S/C5H14NO.C2HClO4.H2O/c1-6(2,3)4-5-7;3-7-2(6)1(4)5;/h7H,4-5H2,1-3H3;(H,4,5);1H2/q+1;;/p-1. The number of rotatable bonds is 2. The van der Waals surface area contributed by atoms with Crippen molar-refractivity contribution < 1.29 is 34.1 Å². The molecule has 0 amide bonds. The summed E-state index contributed by atoms with van der Waals surface area (Å²) in [4.78, 5) is 18.8. The van der Waals surface area contributed by atoms with Gasteiger partial charge in [0, 0.05) is 0 Å². The van der Waals surface area contributed by atoms with Gasteiger partial charge in [-0.2, -0.15) is 0 Å². The number of hydrogen-bond acceptors (Lipinski definition) is 5. The molecule has 0 aliphatic rings. The smallest absolute Gasteiger partial charge is 0.372 e. The molecular formula is C7H16ClNO6. The minimum atomic E-state index is -1.95. The van der Waals surface area contributed by atoms with Crippen molar-refractivity contribution in [1.82, 2.24) is 0 Å². The van der Waals surface area contributed by atoms with E-state index in [0.29, 0.717) is 0 Å². The summed E-state index contributed by atoms with van der Waals surface area (Å²) in [5, 5.41) is 17.6. The van der Waals surface area contributed by atoms with Crippen LogP contribution >= 0.6 is 11.9 Å². The van der Waals surface area contributed by atoms with Gasteiger partial charge in [0.1, 0.15) is 18.4 Å². The summed E-state index contributed by atoms with van der Waals surface area (Å²) in [5.41, 5.74) is 0. The summed E-state index contributed by atoms with van der Waals surface area (Å²) in [6, 6.07) is 0. The third-order valence-corrected chi connectivity index (χ3v) is 1.15. The molecule has 0 fully saturated rings. The van der Waals surface area contributed by atoms with Crippen molar-refractivity contribution >= 4 is 23.8 Å². The van der Waals surface area contributed by atoms with Gasteiger partial charge in [0.2, 0.25) is 0 Å². The van der Waals surface area contributed by atoms with Crippen LogP contribution in [0.2, 0.25) is 0 Å². The molecule has 0 atom stereocenters. The Morgan fingerprint density at radius 2 is 1.80 bits per heavy atom. The molecule has 0 radical (unpaired) electrons. The van der Waals surface area contributed by atoms with Crippen LogP contribution in [-0.4, -0.2) is 61.3 Å². The SMILES string of the molecule is C[N+](C)(C)CCO.O.O=C([O-])C(=O)OCl. The molecule has 0 aliphatic heterocycles. The molecule has 0 spiro atoms. The van der Waals surface area contributed by atoms with Gasteiger partial charge in [-0.05, 0) is 0 Å².